The molecule has 0 unspecified atom stereocenters. The summed E-state index contributed by atoms with van der Waals surface area (Å²) in [6, 6.07) is 4.49. The smallest absolute Gasteiger partial charge is 0.343 e. The molecule has 1 aliphatic rings. The van der Waals surface area contributed by atoms with E-state index in [9.17, 15) is 18.0 Å². The Kier molecular flexibility index (Phi) is 7.20. The lowest BCUT2D eigenvalue weighted by atomic mass is 9.98. The Balaban J connectivity index is 2.05. The molecule has 1 aliphatic heterocycles. The topological polar surface area (TPSA) is 99.2 Å². The van der Waals surface area contributed by atoms with Crippen molar-refractivity contribution in [3.8, 4) is 5.75 Å². The molecular weight excluding hydrogens is 374 g/mol. The summed E-state index contributed by atoms with van der Waals surface area (Å²) in [5.74, 6) is -0.624. The van der Waals surface area contributed by atoms with Gasteiger partial charge in [0.15, 0.2) is 6.61 Å². The lowest BCUT2D eigenvalue weighted by Gasteiger charge is -2.30. The highest BCUT2D eigenvalue weighted by atomic mass is 32.2. The van der Waals surface area contributed by atoms with Gasteiger partial charge in [-0.1, -0.05) is 0 Å². The van der Waals surface area contributed by atoms with Crippen LogP contribution in [0.1, 0.15) is 25.3 Å². The number of carbonyl (C=O) groups excluding carboxylic acids is 2. The number of esters is 2. The molecule has 0 bridgehead atoms. The van der Waals surface area contributed by atoms with E-state index in [0.29, 0.717) is 30.8 Å². The Labute approximate surface area is 159 Å². The Bertz CT molecular complexity index is 783. The zero-order valence-electron chi connectivity index (χ0n) is 15.8. The third-order valence-electron chi connectivity index (χ3n) is 4.43. The van der Waals surface area contributed by atoms with Crippen molar-refractivity contribution in [2.45, 2.75) is 31.6 Å². The first kappa shape index (κ1) is 21.2. The fraction of sp³-hybridized carbons (Fsp3) is 0.556. The van der Waals surface area contributed by atoms with Crippen LogP contribution in [0.2, 0.25) is 0 Å². The van der Waals surface area contributed by atoms with E-state index in [1.807, 2.05) is 0 Å². The van der Waals surface area contributed by atoms with Gasteiger partial charge in [-0.05, 0) is 50.5 Å². The number of benzene rings is 1. The first-order chi connectivity index (χ1) is 12.8. The zero-order valence-corrected chi connectivity index (χ0v) is 16.6. The average Bonchev–Trinajstić information content (AvgIpc) is 2.66. The van der Waals surface area contributed by atoms with E-state index in [4.69, 9.17) is 9.47 Å². The molecule has 9 heteroatoms. The largest absolute Gasteiger partial charge is 0.482 e. The maximum Gasteiger partial charge on any atom is 0.343 e. The van der Waals surface area contributed by atoms with Crippen LogP contribution in [-0.4, -0.2) is 58.1 Å². The van der Waals surface area contributed by atoms with E-state index < -0.39 is 16.0 Å². The Morgan fingerprint density at radius 2 is 1.89 bits per heavy atom. The Morgan fingerprint density at radius 1 is 1.22 bits per heavy atom. The zero-order chi connectivity index (χ0) is 20.0. The minimum absolute atomic E-state index is 0.153. The minimum Gasteiger partial charge on any atom is -0.482 e. The number of methoxy groups -OCH3 is 1. The second-order valence-electron chi connectivity index (χ2n) is 6.22. The molecule has 1 aromatic carbocycles. The maximum absolute atomic E-state index is 12.9. The Morgan fingerprint density at radius 3 is 2.44 bits per heavy atom. The van der Waals surface area contributed by atoms with Crippen LogP contribution in [0.25, 0.3) is 0 Å². The van der Waals surface area contributed by atoms with E-state index >= 15 is 0 Å². The van der Waals surface area contributed by atoms with E-state index in [1.54, 1.807) is 13.8 Å². The highest BCUT2D eigenvalue weighted by Crippen LogP contribution is 2.27. The number of carbonyl (C=O) groups is 2. The molecule has 1 heterocycles. The molecule has 0 aromatic heterocycles. The van der Waals surface area contributed by atoms with Gasteiger partial charge in [0.2, 0.25) is 10.0 Å². The van der Waals surface area contributed by atoms with E-state index in [2.05, 4.69) is 4.74 Å². The molecule has 1 fully saturated rings. The molecule has 0 N–H and O–H groups in total. The molecule has 2 rings (SSSR count). The van der Waals surface area contributed by atoms with Gasteiger partial charge in [0.05, 0.1) is 24.5 Å². The number of aryl methyl sites for hydroxylation is 1. The van der Waals surface area contributed by atoms with Crippen molar-refractivity contribution >= 4 is 22.0 Å². The fourth-order valence-electron chi connectivity index (χ4n) is 2.88. The number of hydrogen-bond donors (Lipinski definition) is 0. The molecule has 150 valence electrons. The van der Waals surface area contributed by atoms with Gasteiger partial charge < -0.3 is 14.2 Å². The molecule has 0 radical (unpaired) electrons. The van der Waals surface area contributed by atoms with Gasteiger partial charge >= 0.3 is 11.9 Å². The summed E-state index contributed by atoms with van der Waals surface area (Å²) in [6.45, 7) is 4.07. The van der Waals surface area contributed by atoms with Gasteiger partial charge in [-0.25, -0.2) is 13.2 Å². The number of ether oxygens (including phenoxy) is 3. The lowest BCUT2D eigenvalue weighted by Crippen LogP contribution is -2.40. The summed E-state index contributed by atoms with van der Waals surface area (Å²) in [5.41, 5.74) is 0.599. The quantitative estimate of drug-likeness (QED) is 0.641. The summed E-state index contributed by atoms with van der Waals surface area (Å²) in [6.07, 6.45) is 0.884. The first-order valence-electron chi connectivity index (χ1n) is 8.76. The molecule has 0 aliphatic carbocycles. The van der Waals surface area contributed by atoms with E-state index in [1.165, 1.54) is 29.6 Å². The van der Waals surface area contributed by atoms with Gasteiger partial charge in [0.25, 0.3) is 0 Å². The SMILES string of the molecule is CCOC(=O)C1CCN(S(=O)(=O)c2ccc(OCC(=O)OC)c(C)c2)CC1. The van der Waals surface area contributed by atoms with Crippen molar-refractivity contribution in [2.24, 2.45) is 5.92 Å². The van der Waals surface area contributed by atoms with E-state index in [-0.39, 0.29) is 36.5 Å². The van der Waals surface area contributed by atoms with Crippen LogP contribution >= 0.6 is 0 Å². The first-order valence-corrected chi connectivity index (χ1v) is 10.2. The van der Waals surface area contributed by atoms with Crippen molar-refractivity contribution in [3.63, 3.8) is 0 Å². The van der Waals surface area contributed by atoms with Crippen LogP contribution in [0, 0.1) is 12.8 Å². The van der Waals surface area contributed by atoms with Crippen LogP contribution in [-0.2, 0) is 29.1 Å². The third kappa shape index (κ3) is 5.20. The maximum atomic E-state index is 12.9. The van der Waals surface area contributed by atoms with E-state index in [0.717, 1.165) is 0 Å². The summed E-state index contributed by atoms with van der Waals surface area (Å²) in [4.78, 5) is 23.1. The van der Waals surface area contributed by atoms with Crippen molar-refractivity contribution in [1.82, 2.24) is 4.31 Å². The molecule has 0 saturated carbocycles. The average molecular weight is 399 g/mol. The highest BCUT2D eigenvalue weighted by Gasteiger charge is 2.32. The predicted octanol–water partition coefficient (Wildman–Crippen LogP) is 1.51. The minimum atomic E-state index is -3.66. The molecule has 1 saturated heterocycles. The monoisotopic (exact) mass is 399 g/mol. The van der Waals surface area contributed by atoms with Gasteiger partial charge in [-0.2, -0.15) is 4.31 Å². The van der Waals surface area contributed by atoms with Gasteiger partial charge in [-0.15, -0.1) is 0 Å². The molecule has 27 heavy (non-hydrogen) atoms. The number of nitrogens with zero attached hydrogens (tertiary/aromatic N) is 1. The summed E-state index contributed by atoms with van der Waals surface area (Å²) < 4.78 is 42.0. The molecule has 1 aromatic rings. The lowest BCUT2D eigenvalue weighted by molar-refractivity contribution is -0.149. The molecule has 0 atom stereocenters. The van der Waals surface area contributed by atoms with Gasteiger partial charge in [0, 0.05) is 13.1 Å². The van der Waals surface area contributed by atoms with Crippen molar-refractivity contribution in [1.29, 1.82) is 0 Å². The second kappa shape index (κ2) is 9.18. The molecular formula is C18H25NO7S. The third-order valence-corrected chi connectivity index (χ3v) is 6.33. The number of hydrogen-bond acceptors (Lipinski definition) is 7. The number of piperidine rings is 1. The summed E-state index contributed by atoms with van der Waals surface area (Å²) >= 11 is 0. The van der Waals surface area contributed by atoms with Crippen LogP contribution in [0.3, 0.4) is 0 Å². The Hall–Kier alpha value is -2.13. The highest BCUT2D eigenvalue weighted by molar-refractivity contribution is 7.89. The van der Waals surface area contributed by atoms with Crippen LogP contribution in [0.4, 0.5) is 0 Å². The van der Waals surface area contributed by atoms with Crippen molar-refractivity contribution in [3.05, 3.63) is 23.8 Å². The van der Waals surface area contributed by atoms with Gasteiger partial charge in [0.1, 0.15) is 5.75 Å². The molecule has 0 amide bonds. The van der Waals surface area contributed by atoms with Crippen molar-refractivity contribution < 1.29 is 32.2 Å². The number of sulfonamides is 1. The molecule has 8 nitrogen and oxygen atoms in total. The van der Waals surface area contributed by atoms with Crippen LogP contribution in [0.5, 0.6) is 5.75 Å². The number of rotatable bonds is 7. The van der Waals surface area contributed by atoms with Gasteiger partial charge in [-0.3, -0.25) is 4.79 Å². The standard InChI is InChI=1S/C18H25NO7S/c1-4-25-18(21)14-7-9-19(10-8-14)27(22,23)15-5-6-16(13(2)11-15)26-12-17(20)24-3/h5-6,11,14H,4,7-10,12H2,1-3H3. The van der Waals surface area contributed by atoms with Crippen LogP contribution < -0.4 is 4.74 Å². The predicted molar refractivity (Wildman–Crippen MR) is 96.8 cm³/mol. The van der Waals surface area contributed by atoms with Crippen LogP contribution in [0.15, 0.2) is 23.1 Å². The normalized spacial score (nSPS) is 16.0. The van der Waals surface area contributed by atoms with Crippen molar-refractivity contribution in [2.75, 3.05) is 33.4 Å². The molecule has 0 spiro atoms. The summed E-state index contributed by atoms with van der Waals surface area (Å²) in [7, 11) is -2.40. The second-order valence-corrected chi connectivity index (χ2v) is 8.16. The summed E-state index contributed by atoms with van der Waals surface area (Å²) in [5, 5.41) is 0. The fourth-order valence-corrected chi connectivity index (χ4v) is 4.44.